The minimum absolute atomic E-state index is 0.0384. The van der Waals surface area contributed by atoms with Crippen molar-refractivity contribution in [1.82, 2.24) is 0 Å². The van der Waals surface area contributed by atoms with Crippen LogP contribution in [0.5, 0.6) is 0 Å². The summed E-state index contributed by atoms with van der Waals surface area (Å²) in [6, 6.07) is 13.0. The minimum atomic E-state index is -4.47. The lowest BCUT2D eigenvalue weighted by Gasteiger charge is -2.10. The molecular formula is C18H11F3N2O4S2. The number of halogens is 3. The topological polar surface area (TPSA) is 89.3 Å². The van der Waals surface area contributed by atoms with E-state index in [-0.39, 0.29) is 11.4 Å². The number of nitrogens with zero attached hydrogens (tertiary/aromatic N) is 1. The van der Waals surface area contributed by atoms with Crippen molar-refractivity contribution < 1.29 is 26.5 Å². The fourth-order valence-corrected chi connectivity index (χ4v) is 4.23. The van der Waals surface area contributed by atoms with Crippen LogP contribution in [-0.4, -0.2) is 13.3 Å². The third kappa shape index (κ3) is 4.69. The van der Waals surface area contributed by atoms with Gasteiger partial charge in [-0.15, -0.1) is 0 Å². The summed E-state index contributed by atoms with van der Waals surface area (Å²) in [7, 11) is -4.47. The summed E-state index contributed by atoms with van der Waals surface area (Å²) in [5.41, 5.74) is 0.0470. The van der Waals surface area contributed by atoms with E-state index in [1.807, 2.05) is 0 Å². The number of anilines is 1. The number of nitro groups is 1. The van der Waals surface area contributed by atoms with Crippen LogP contribution in [-0.2, 0) is 10.0 Å². The molecule has 3 aromatic carbocycles. The number of benzene rings is 3. The Labute approximate surface area is 167 Å². The third-order valence-corrected chi connectivity index (χ3v) is 6.09. The molecule has 0 amide bonds. The van der Waals surface area contributed by atoms with Gasteiger partial charge in [0.05, 0.1) is 4.92 Å². The highest BCUT2D eigenvalue weighted by molar-refractivity contribution is 7.99. The summed E-state index contributed by atoms with van der Waals surface area (Å²) in [6.45, 7) is 0. The molecule has 0 bridgehead atoms. The predicted molar refractivity (Wildman–Crippen MR) is 101 cm³/mol. The van der Waals surface area contributed by atoms with Crippen LogP contribution in [0.25, 0.3) is 0 Å². The van der Waals surface area contributed by atoms with E-state index in [9.17, 15) is 31.7 Å². The Morgan fingerprint density at radius 3 is 1.93 bits per heavy atom. The first kappa shape index (κ1) is 20.7. The Morgan fingerprint density at radius 2 is 1.38 bits per heavy atom. The van der Waals surface area contributed by atoms with Gasteiger partial charge in [-0.25, -0.2) is 21.6 Å². The molecule has 3 rings (SSSR count). The van der Waals surface area contributed by atoms with Gasteiger partial charge in [0.1, 0.15) is 4.90 Å². The van der Waals surface area contributed by atoms with Crippen LogP contribution < -0.4 is 4.72 Å². The first-order chi connectivity index (χ1) is 13.7. The molecule has 3 aromatic rings. The molecule has 0 radical (unpaired) electrons. The number of hydrogen-bond acceptors (Lipinski definition) is 5. The number of rotatable bonds is 6. The van der Waals surface area contributed by atoms with E-state index in [2.05, 4.69) is 4.72 Å². The number of non-ortho nitro benzene ring substituents is 1. The van der Waals surface area contributed by atoms with Gasteiger partial charge in [-0.2, -0.15) is 0 Å². The maximum atomic E-state index is 13.8. The lowest BCUT2D eigenvalue weighted by atomic mass is 10.3. The molecule has 0 saturated carbocycles. The van der Waals surface area contributed by atoms with E-state index in [1.54, 1.807) is 24.3 Å². The SMILES string of the molecule is O=[N+]([O-])c1ccc(Sc2ccc(NS(=O)(=O)c3ccc(F)c(F)c3F)cc2)cc1. The summed E-state index contributed by atoms with van der Waals surface area (Å²) in [5, 5.41) is 10.7. The molecule has 29 heavy (non-hydrogen) atoms. The second-order valence-electron chi connectivity index (χ2n) is 5.66. The molecule has 0 saturated heterocycles. The molecule has 0 aliphatic heterocycles. The van der Waals surface area contributed by atoms with Crippen molar-refractivity contribution in [3.05, 3.63) is 88.2 Å². The largest absolute Gasteiger partial charge is 0.280 e. The molecule has 6 nitrogen and oxygen atoms in total. The molecule has 1 N–H and O–H groups in total. The lowest BCUT2D eigenvalue weighted by Crippen LogP contribution is -2.15. The summed E-state index contributed by atoms with van der Waals surface area (Å²) in [6.07, 6.45) is 0. The Balaban J connectivity index is 1.75. The number of hydrogen-bond donors (Lipinski definition) is 1. The zero-order valence-corrected chi connectivity index (χ0v) is 15.9. The zero-order valence-electron chi connectivity index (χ0n) is 14.3. The van der Waals surface area contributed by atoms with Gasteiger partial charge in [0, 0.05) is 27.6 Å². The molecular weight excluding hydrogens is 429 g/mol. The molecule has 0 aliphatic carbocycles. The Kier molecular flexibility index (Phi) is 5.80. The maximum absolute atomic E-state index is 13.8. The molecule has 0 heterocycles. The fraction of sp³-hybridized carbons (Fsp3) is 0. The average molecular weight is 440 g/mol. The normalized spacial score (nSPS) is 11.3. The van der Waals surface area contributed by atoms with Crippen LogP contribution in [0.4, 0.5) is 24.5 Å². The van der Waals surface area contributed by atoms with Crippen molar-refractivity contribution in [2.24, 2.45) is 0 Å². The molecule has 0 aromatic heterocycles. The van der Waals surface area contributed by atoms with E-state index >= 15 is 0 Å². The van der Waals surface area contributed by atoms with Gasteiger partial charge in [-0.05, 0) is 48.5 Å². The average Bonchev–Trinajstić information content (AvgIpc) is 2.67. The number of nitro benzene ring substituents is 1. The fourth-order valence-electron chi connectivity index (χ4n) is 2.29. The lowest BCUT2D eigenvalue weighted by molar-refractivity contribution is -0.384. The van der Waals surface area contributed by atoms with Gasteiger partial charge < -0.3 is 0 Å². The highest BCUT2D eigenvalue weighted by Crippen LogP contribution is 2.30. The Hall–Kier alpha value is -3.05. The highest BCUT2D eigenvalue weighted by Gasteiger charge is 2.24. The van der Waals surface area contributed by atoms with Gasteiger partial charge in [0.15, 0.2) is 17.5 Å². The van der Waals surface area contributed by atoms with Gasteiger partial charge in [0.25, 0.3) is 15.7 Å². The number of sulfonamides is 1. The van der Waals surface area contributed by atoms with Crippen LogP contribution in [0.15, 0.2) is 75.4 Å². The van der Waals surface area contributed by atoms with Crippen molar-refractivity contribution in [3.63, 3.8) is 0 Å². The van der Waals surface area contributed by atoms with Crippen molar-refractivity contribution in [1.29, 1.82) is 0 Å². The summed E-state index contributed by atoms with van der Waals surface area (Å²) in [4.78, 5) is 10.6. The molecule has 150 valence electrons. The molecule has 0 fully saturated rings. The molecule has 0 unspecified atom stereocenters. The van der Waals surface area contributed by atoms with Crippen LogP contribution in [0.2, 0.25) is 0 Å². The van der Waals surface area contributed by atoms with Crippen molar-refractivity contribution in [2.45, 2.75) is 14.7 Å². The van der Waals surface area contributed by atoms with Gasteiger partial charge >= 0.3 is 0 Å². The van der Waals surface area contributed by atoms with Gasteiger partial charge in [-0.3, -0.25) is 14.8 Å². The van der Waals surface area contributed by atoms with Crippen LogP contribution in [0.1, 0.15) is 0 Å². The van der Waals surface area contributed by atoms with E-state index < -0.39 is 37.3 Å². The minimum Gasteiger partial charge on any atom is -0.280 e. The van der Waals surface area contributed by atoms with E-state index in [4.69, 9.17) is 0 Å². The highest BCUT2D eigenvalue weighted by atomic mass is 32.2. The van der Waals surface area contributed by atoms with Crippen LogP contribution in [0, 0.1) is 27.6 Å². The van der Waals surface area contributed by atoms with E-state index in [0.717, 1.165) is 4.90 Å². The van der Waals surface area contributed by atoms with Gasteiger partial charge in [0.2, 0.25) is 0 Å². The van der Waals surface area contributed by atoms with Crippen molar-refractivity contribution in [3.8, 4) is 0 Å². The second-order valence-corrected chi connectivity index (χ2v) is 8.45. The van der Waals surface area contributed by atoms with E-state index in [1.165, 1.54) is 36.0 Å². The van der Waals surface area contributed by atoms with Crippen molar-refractivity contribution in [2.75, 3.05) is 4.72 Å². The Bertz CT molecular complexity index is 1170. The summed E-state index contributed by atoms with van der Waals surface area (Å²) < 4.78 is 66.7. The first-order valence-corrected chi connectivity index (χ1v) is 10.2. The van der Waals surface area contributed by atoms with Crippen LogP contribution in [0.3, 0.4) is 0 Å². The first-order valence-electron chi connectivity index (χ1n) is 7.86. The maximum Gasteiger partial charge on any atom is 0.269 e. The monoisotopic (exact) mass is 440 g/mol. The molecule has 11 heteroatoms. The molecule has 0 spiro atoms. The summed E-state index contributed by atoms with van der Waals surface area (Å²) in [5.74, 6) is -5.17. The third-order valence-electron chi connectivity index (χ3n) is 3.68. The molecule has 0 aliphatic rings. The van der Waals surface area contributed by atoms with E-state index in [0.29, 0.717) is 17.0 Å². The van der Waals surface area contributed by atoms with Gasteiger partial charge in [-0.1, -0.05) is 11.8 Å². The Morgan fingerprint density at radius 1 is 0.828 bits per heavy atom. The quantitative estimate of drug-likeness (QED) is 0.332. The summed E-state index contributed by atoms with van der Waals surface area (Å²) >= 11 is 1.29. The second kappa shape index (κ2) is 8.13. The predicted octanol–water partition coefficient (Wildman–Crippen LogP) is 4.96. The standard InChI is InChI=1S/C18H11F3N2O4S2/c19-15-9-10-16(18(21)17(15)20)29(26,27)22-11-1-5-13(6-2-11)28-14-7-3-12(4-8-14)23(24)25/h1-10,22H. The van der Waals surface area contributed by atoms with Crippen molar-refractivity contribution >= 4 is 33.2 Å². The number of nitrogens with one attached hydrogen (secondary N) is 1. The van der Waals surface area contributed by atoms with Crippen LogP contribution >= 0.6 is 11.8 Å². The molecule has 0 atom stereocenters. The zero-order chi connectivity index (χ0) is 21.2. The smallest absolute Gasteiger partial charge is 0.269 e.